The molecule has 1 aliphatic rings. The number of hydrogen-bond acceptors (Lipinski definition) is 5. The summed E-state index contributed by atoms with van der Waals surface area (Å²) in [4.78, 5) is 23.2. The van der Waals surface area contributed by atoms with Gasteiger partial charge in [-0.2, -0.15) is 0 Å². The van der Waals surface area contributed by atoms with Crippen LogP contribution in [0.2, 0.25) is 0 Å². The first-order valence-corrected chi connectivity index (χ1v) is 5.66. The number of cyclic esters (lactones) is 2. The lowest BCUT2D eigenvalue weighted by Crippen LogP contribution is -2.42. The third kappa shape index (κ3) is 3.11. The van der Waals surface area contributed by atoms with Crippen molar-refractivity contribution in [1.82, 2.24) is 0 Å². The van der Waals surface area contributed by atoms with E-state index in [1.165, 1.54) is 13.8 Å². The van der Waals surface area contributed by atoms with E-state index in [4.69, 9.17) is 9.47 Å². The van der Waals surface area contributed by atoms with Crippen LogP contribution in [0.5, 0.6) is 0 Å². The lowest BCUT2D eigenvalue weighted by Gasteiger charge is -2.29. The number of halogens is 2. The van der Waals surface area contributed by atoms with Gasteiger partial charge in [0.05, 0.1) is 0 Å². The number of anilines is 1. The first-order chi connectivity index (χ1) is 9.27. The molecule has 20 heavy (non-hydrogen) atoms. The summed E-state index contributed by atoms with van der Waals surface area (Å²) < 4.78 is 35.6. The second-order valence-corrected chi connectivity index (χ2v) is 4.54. The maximum absolute atomic E-state index is 13.0. The zero-order chi connectivity index (χ0) is 14.9. The molecule has 7 heteroatoms. The van der Waals surface area contributed by atoms with Gasteiger partial charge in [-0.3, -0.25) is 0 Å². The number of nitrogens with one attached hydrogen (secondary N) is 1. The van der Waals surface area contributed by atoms with E-state index in [2.05, 4.69) is 5.32 Å². The fourth-order valence-corrected chi connectivity index (χ4v) is 1.57. The molecule has 1 fully saturated rings. The van der Waals surface area contributed by atoms with E-state index >= 15 is 0 Å². The van der Waals surface area contributed by atoms with Crippen LogP contribution in [0.4, 0.5) is 14.5 Å². The van der Waals surface area contributed by atoms with Gasteiger partial charge in [-0.15, -0.1) is 0 Å². The van der Waals surface area contributed by atoms with E-state index < -0.39 is 34.9 Å². The van der Waals surface area contributed by atoms with Gasteiger partial charge in [-0.25, -0.2) is 18.4 Å². The molecule has 0 atom stereocenters. The maximum Gasteiger partial charge on any atom is 0.350 e. The molecule has 1 heterocycles. The van der Waals surface area contributed by atoms with E-state index in [-0.39, 0.29) is 5.69 Å². The van der Waals surface area contributed by atoms with Crippen LogP contribution in [0.1, 0.15) is 13.8 Å². The van der Waals surface area contributed by atoms with Crippen LogP contribution < -0.4 is 5.32 Å². The molecule has 1 aromatic carbocycles. The van der Waals surface area contributed by atoms with Crippen molar-refractivity contribution in [3.05, 3.63) is 41.6 Å². The van der Waals surface area contributed by atoms with Crippen molar-refractivity contribution < 1.29 is 27.8 Å². The summed E-state index contributed by atoms with van der Waals surface area (Å²) in [5.74, 6) is -4.68. The molecule has 1 aromatic rings. The summed E-state index contributed by atoms with van der Waals surface area (Å²) in [6, 6.07) is 2.71. The third-order valence-electron chi connectivity index (χ3n) is 2.36. The summed E-state index contributed by atoms with van der Waals surface area (Å²) >= 11 is 0. The zero-order valence-electron chi connectivity index (χ0n) is 10.7. The second-order valence-electron chi connectivity index (χ2n) is 4.54. The summed E-state index contributed by atoms with van der Waals surface area (Å²) in [6.07, 6.45) is 0.980. The SMILES string of the molecule is CC1(C)OC(=O)C(=CNc2cc(F)cc(F)c2)C(=O)O1. The summed E-state index contributed by atoms with van der Waals surface area (Å²) in [5, 5.41) is 2.44. The van der Waals surface area contributed by atoms with E-state index in [0.717, 1.165) is 18.3 Å². The Morgan fingerprint density at radius 1 is 1.05 bits per heavy atom. The number of ether oxygens (including phenoxy) is 2. The lowest BCUT2D eigenvalue weighted by molar-refractivity contribution is -0.222. The highest BCUT2D eigenvalue weighted by molar-refractivity contribution is 6.15. The molecule has 0 aliphatic carbocycles. The molecule has 0 saturated carbocycles. The van der Waals surface area contributed by atoms with Gasteiger partial charge in [-0.05, 0) is 12.1 Å². The molecule has 1 N–H and O–H groups in total. The number of carbonyl (C=O) groups is 2. The molecular formula is C13H11F2NO4. The van der Waals surface area contributed by atoms with Crippen molar-refractivity contribution in [1.29, 1.82) is 0 Å². The van der Waals surface area contributed by atoms with Crippen molar-refractivity contribution in [3.63, 3.8) is 0 Å². The standard InChI is InChI=1S/C13H11F2NO4/c1-13(2)19-11(17)10(12(18)20-13)6-16-9-4-7(14)3-8(15)5-9/h3-6,16H,1-2H3. The van der Waals surface area contributed by atoms with Crippen LogP contribution in [0.25, 0.3) is 0 Å². The normalized spacial score (nSPS) is 17.3. The largest absolute Gasteiger partial charge is 0.419 e. The Kier molecular flexibility index (Phi) is 3.44. The highest BCUT2D eigenvalue weighted by Gasteiger charge is 2.38. The number of benzene rings is 1. The van der Waals surface area contributed by atoms with Crippen molar-refractivity contribution in [3.8, 4) is 0 Å². The predicted molar refractivity (Wildman–Crippen MR) is 64.3 cm³/mol. The fraction of sp³-hybridized carbons (Fsp3) is 0.231. The zero-order valence-corrected chi connectivity index (χ0v) is 10.7. The quantitative estimate of drug-likeness (QED) is 0.511. The minimum absolute atomic E-state index is 0.0421. The van der Waals surface area contributed by atoms with Crippen LogP contribution in [0.15, 0.2) is 30.0 Å². The topological polar surface area (TPSA) is 64.6 Å². The molecule has 1 aliphatic heterocycles. The van der Waals surface area contributed by atoms with E-state index in [1.54, 1.807) is 0 Å². The first-order valence-electron chi connectivity index (χ1n) is 5.66. The fourth-order valence-electron chi connectivity index (χ4n) is 1.57. The number of carbonyl (C=O) groups excluding carboxylic acids is 2. The molecule has 106 valence electrons. The highest BCUT2D eigenvalue weighted by atomic mass is 19.1. The van der Waals surface area contributed by atoms with Crippen LogP contribution in [0.3, 0.4) is 0 Å². The molecule has 0 bridgehead atoms. The Bertz CT molecular complexity index is 568. The third-order valence-corrected chi connectivity index (χ3v) is 2.36. The molecule has 0 radical (unpaired) electrons. The van der Waals surface area contributed by atoms with Crippen LogP contribution in [0, 0.1) is 11.6 Å². The first kappa shape index (κ1) is 14.0. The van der Waals surface area contributed by atoms with Gasteiger partial charge >= 0.3 is 11.9 Å². The molecule has 0 aromatic heterocycles. The average molecular weight is 283 g/mol. The Morgan fingerprint density at radius 3 is 2.05 bits per heavy atom. The van der Waals surface area contributed by atoms with Gasteiger partial charge in [0.2, 0.25) is 0 Å². The van der Waals surface area contributed by atoms with Crippen molar-refractivity contribution in [2.24, 2.45) is 0 Å². The monoisotopic (exact) mass is 283 g/mol. The Labute approximate surface area is 113 Å². The van der Waals surface area contributed by atoms with E-state index in [9.17, 15) is 18.4 Å². The van der Waals surface area contributed by atoms with Crippen LogP contribution >= 0.6 is 0 Å². The Hall–Kier alpha value is -2.44. The predicted octanol–water partition coefficient (Wildman–Crippen LogP) is 2.10. The molecule has 0 spiro atoms. The summed E-state index contributed by atoms with van der Waals surface area (Å²) in [7, 11) is 0. The van der Waals surface area contributed by atoms with Gasteiger partial charge in [0.25, 0.3) is 5.79 Å². The highest BCUT2D eigenvalue weighted by Crippen LogP contribution is 2.23. The van der Waals surface area contributed by atoms with Crippen molar-refractivity contribution >= 4 is 17.6 Å². The van der Waals surface area contributed by atoms with Gasteiger partial charge in [-0.1, -0.05) is 0 Å². The summed E-state index contributed by atoms with van der Waals surface area (Å²) in [5.41, 5.74) is -0.352. The number of rotatable bonds is 2. The van der Waals surface area contributed by atoms with E-state index in [0.29, 0.717) is 6.07 Å². The van der Waals surface area contributed by atoms with Gasteiger partial charge in [0, 0.05) is 31.8 Å². The minimum Gasteiger partial charge on any atom is -0.419 e. The molecule has 2 rings (SSSR count). The van der Waals surface area contributed by atoms with Gasteiger partial charge in [0.15, 0.2) is 5.57 Å². The van der Waals surface area contributed by atoms with Gasteiger partial charge < -0.3 is 14.8 Å². The molecule has 5 nitrogen and oxygen atoms in total. The molecule has 1 saturated heterocycles. The molecule has 0 unspecified atom stereocenters. The van der Waals surface area contributed by atoms with E-state index in [1.807, 2.05) is 0 Å². The molecule has 0 amide bonds. The second kappa shape index (κ2) is 4.92. The van der Waals surface area contributed by atoms with Crippen LogP contribution in [-0.4, -0.2) is 17.7 Å². The van der Waals surface area contributed by atoms with Crippen LogP contribution in [-0.2, 0) is 19.1 Å². The lowest BCUT2D eigenvalue weighted by atomic mass is 10.2. The molecular weight excluding hydrogens is 272 g/mol. The summed E-state index contributed by atoms with van der Waals surface area (Å²) in [6.45, 7) is 2.82. The van der Waals surface area contributed by atoms with Gasteiger partial charge in [0.1, 0.15) is 11.6 Å². The maximum atomic E-state index is 13.0. The smallest absolute Gasteiger partial charge is 0.350 e. The minimum atomic E-state index is -1.34. The Balaban J connectivity index is 2.19. The van der Waals surface area contributed by atoms with Crippen molar-refractivity contribution in [2.75, 3.05) is 5.32 Å². The number of esters is 2. The van der Waals surface area contributed by atoms with Crippen molar-refractivity contribution in [2.45, 2.75) is 19.6 Å². The Morgan fingerprint density at radius 2 is 1.55 bits per heavy atom. The number of hydrogen-bond donors (Lipinski definition) is 1. The average Bonchev–Trinajstić information content (AvgIpc) is 2.24.